The first-order chi connectivity index (χ1) is 10.5. The van der Waals surface area contributed by atoms with Crippen LogP contribution in [0.1, 0.15) is 0 Å². The standard InChI is InChI=1S/C17H18Br2N2O/c1-20(2)9-13(22)10-21-16-5-3-11(18)7-14(16)15-8-12(19)4-6-17(15)21/h3-8,13,22H,9-10H2,1-2H3/t13-/m1/s1. The number of hydrogen-bond acceptors (Lipinski definition) is 2. The van der Waals surface area contributed by atoms with Gasteiger partial charge in [-0.15, -0.1) is 0 Å². The van der Waals surface area contributed by atoms with Crippen LogP contribution in [-0.4, -0.2) is 41.3 Å². The highest BCUT2D eigenvalue weighted by atomic mass is 79.9. The van der Waals surface area contributed by atoms with Crippen LogP contribution in [0.4, 0.5) is 0 Å². The molecule has 0 bridgehead atoms. The first-order valence-electron chi connectivity index (χ1n) is 7.15. The average Bonchev–Trinajstić information content (AvgIpc) is 2.71. The van der Waals surface area contributed by atoms with Crippen LogP contribution in [0.15, 0.2) is 45.3 Å². The molecule has 1 aromatic heterocycles. The predicted molar refractivity (Wildman–Crippen MR) is 99.4 cm³/mol. The third kappa shape index (κ3) is 3.08. The molecule has 0 spiro atoms. The zero-order valence-corrected chi connectivity index (χ0v) is 15.7. The molecule has 5 heteroatoms. The lowest BCUT2D eigenvalue weighted by atomic mass is 10.2. The van der Waals surface area contributed by atoms with Crippen LogP contribution in [0.2, 0.25) is 0 Å². The summed E-state index contributed by atoms with van der Waals surface area (Å²) in [6.07, 6.45) is -0.402. The summed E-state index contributed by atoms with van der Waals surface area (Å²) in [7, 11) is 3.95. The summed E-state index contributed by atoms with van der Waals surface area (Å²) < 4.78 is 4.33. The third-order valence-electron chi connectivity index (χ3n) is 3.76. The number of halogens is 2. The van der Waals surface area contributed by atoms with Crippen molar-refractivity contribution in [2.45, 2.75) is 12.6 Å². The number of aromatic nitrogens is 1. The second-order valence-corrected chi connectivity index (χ2v) is 7.68. The Labute approximate surface area is 146 Å². The quantitative estimate of drug-likeness (QED) is 0.676. The number of benzene rings is 2. The molecule has 0 amide bonds. The lowest BCUT2D eigenvalue weighted by Crippen LogP contribution is -2.29. The Morgan fingerprint density at radius 2 is 1.50 bits per heavy atom. The van der Waals surface area contributed by atoms with E-state index in [1.807, 2.05) is 31.1 Å². The molecule has 0 aliphatic heterocycles. The van der Waals surface area contributed by atoms with Crippen LogP contribution < -0.4 is 0 Å². The van der Waals surface area contributed by atoms with Gasteiger partial charge in [-0.3, -0.25) is 0 Å². The maximum Gasteiger partial charge on any atom is 0.0845 e. The highest BCUT2D eigenvalue weighted by Gasteiger charge is 2.14. The van der Waals surface area contributed by atoms with Crippen LogP contribution >= 0.6 is 31.9 Å². The lowest BCUT2D eigenvalue weighted by molar-refractivity contribution is 0.122. The maximum atomic E-state index is 10.3. The molecular formula is C17H18Br2N2O. The second kappa shape index (κ2) is 6.32. The molecule has 1 N–H and O–H groups in total. The Hall–Kier alpha value is -0.880. The Morgan fingerprint density at radius 1 is 1.00 bits per heavy atom. The van der Waals surface area contributed by atoms with Crippen molar-refractivity contribution in [3.05, 3.63) is 45.3 Å². The summed E-state index contributed by atoms with van der Waals surface area (Å²) in [4.78, 5) is 2.01. The summed E-state index contributed by atoms with van der Waals surface area (Å²) in [6, 6.07) is 12.6. The summed E-state index contributed by atoms with van der Waals surface area (Å²) >= 11 is 7.10. The molecule has 3 rings (SSSR count). The molecule has 0 fully saturated rings. The minimum Gasteiger partial charge on any atom is -0.390 e. The van der Waals surface area contributed by atoms with Gasteiger partial charge in [-0.05, 0) is 50.5 Å². The van der Waals surface area contributed by atoms with E-state index in [1.54, 1.807) is 0 Å². The van der Waals surface area contributed by atoms with Crippen molar-refractivity contribution < 1.29 is 5.11 Å². The molecule has 0 saturated carbocycles. The summed E-state index contributed by atoms with van der Waals surface area (Å²) in [6.45, 7) is 1.23. The van der Waals surface area contributed by atoms with E-state index in [0.717, 1.165) is 20.0 Å². The molecule has 0 aliphatic carbocycles. The van der Waals surface area contributed by atoms with E-state index < -0.39 is 6.10 Å². The number of aliphatic hydroxyl groups is 1. The van der Waals surface area contributed by atoms with Crippen molar-refractivity contribution in [3.63, 3.8) is 0 Å². The van der Waals surface area contributed by atoms with E-state index in [9.17, 15) is 5.11 Å². The smallest absolute Gasteiger partial charge is 0.0845 e. The van der Waals surface area contributed by atoms with E-state index in [1.165, 1.54) is 10.8 Å². The summed E-state index contributed by atoms with van der Waals surface area (Å²) in [5, 5.41) is 12.7. The molecule has 2 aromatic carbocycles. The average molecular weight is 426 g/mol. The van der Waals surface area contributed by atoms with Gasteiger partial charge in [0.1, 0.15) is 0 Å². The van der Waals surface area contributed by atoms with Crippen molar-refractivity contribution >= 4 is 53.7 Å². The number of likely N-dealkylation sites (N-methyl/N-ethyl adjacent to an activating group) is 1. The Kier molecular flexibility index (Phi) is 4.59. The van der Waals surface area contributed by atoms with Gasteiger partial charge in [0, 0.05) is 37.3 Å². The highest BCUT2D eigenvalue weighted by Crippen LogP contribution is 2.33. The van der Waals surface area contributed by atoms with Crippen LogP contribution in [0.25, 0.3) is 21.8 Å². The minimum absolute atomic E-state index is 0.402. The van der Waals surface area contributed by atoms with Gasteiger partial charge in [-0.1, -0.05) is 31.9 Å². The zero-order chi connectivity index (χ0) is 15.9. The number of fused-ring (bicyclic) bond motifs is 3. The first kappa shape index (κ1) is 16.0. The van der Waals surface area contributed by atoms with Gasteiger partial charge in [-0.25, -0.2) is 0 Å². The molecule has 1 heterocycles. The van der Waals surface area contributed by atoms with E-state index in [2.05, 4.69) is 60.7 Å². The molecule has 3 nitrogen and oxygen atoms in total. The largest absolute Gasteiger partial charge is 0.390 e. The molecule has 1 atom stereocenters. The minimum atomic E-state index is -0.402. The molecular weight excluding hydrogens is 408 g/mol. The zero-order valence-electron chi connectivity index (χ0n) is 12.6. The van der Waals surface area contributed by atoms with Crippen molar-refractivity contribution in [2.75, 3.05) is 20.6 Å². The lowest BCUT2D eigenvalue weighted by Gasteiger charge is -2.18. The van der Waals surface area contributed by atoms with Crippen molar-refractivity contribution in [1.82, 2.24) is 9.47 Å². The third-order valence-corrected chi connectivity index (χ3v) is 4.74. The van der Waals surface area contributed by atoms with Gasteiger partial charge < -0.3 is 14.6 Å². The van der Waals surface area contributed by atoms with Gasteiger partial charge in [0.2, 0.25) is 0 Å². The van der Waals surface area contributed by atoms with Gasteiger partial charge in [-0.2, -0.15) is 0 Å². The SMILES string of the molecule is CN(C)C[C@@H](O)Cn1c2ccc(Br)cc2c2cc(Br)ccc21. The van der Waals surface area contributed by atoms with Crippen LogP contribution in [0.5, 0.6) is 0 Å². The number of rotatable bonds is 4. The monoisotopic (exact) mass is 424 g/mol. The first-order valence-corrected chi connectivity index (χ1v) is 8.74. The highest BCUT2D eigenvalue weighted by molar-refractivity contribution is 9.10. The Bertz CT molecular complexity index is 767. The predicted octanol–water partition coefficient (Wildman–Crippen LogP) is 4.24. The molecule has 22 heavy (non-hydrogen) atoms. The fourth-order valence-electron chi connectivity index (χ4n) is 2.94. The molecule has 3 aromatic rings. The summed E-state index contributed by atoms with van der Waals surface area (Å²) in [5.41, 5.74) is 2.29. The van der Waals surface area contributed by atoms with E-state index in [4.69, 9.17) is 0 Å². The van der Waals surface area contributed by atoms with E-state index in [-0.39, 0.29) is 0 Å². The van der Waals surface area contributed by atoms with Crippen LogP contribution in [0, 0.1) is 0 Å². The number of nitrogens with zero attached hydrogens (tertiary/aromatic N) is 2. The Morgan fingerprint density at radius 3 is 1.95 bits per heavy atom. The molecule has 0 unspecified atom stereocenters. The van der Waals surface area contributed by atoms with Crippen molar-refractivity contribution in [1.29, 1.82) is 0 Å². The van der Waals surface area contributed by atoms with Crippen LogP contribution in [-0.2, 0) is 6.54 Å². The second-order valence-electron chi connectivity index (χ2n) is 5.85. The molecule has 116 valence electrons. The van der Waals surface area contributed by atoms with Crippen molar-refractivity contribution in [2.24, 2.45) is 0 Å². The number of aliphatic hydroxyl groups excluding tert-OH is 1. The van der Waals surface area contributed by atoms with E-state index >= 15 is 0 Å². The van der Waals surface area contributed by atoms with Crippen LogP contribution in [0.3, 0.4) is 0 Å². The fourth-order valence-corrected chi connectivity index (χ4v) is 3.66. The van der Waals surface area contributed by atoms with Gasteiger partial charge >= 0.3 is 0 Å². The summed E-state index contributed by atoms with van der Waals surface area (Å²) in [5.74, 6) is 0. The van der Waals surface area contributed by atoms with E-state index in [0.29, 0.717) is 13.1 Å². The van der Waals surface area contributed by atoms with Crippen molar-refractivity contribution in [3.8, 4) is 0 Å². The normalized spacial score (nSPS) is 13.4. The maximum absolute atomic E-state index is 10.3. The topological polar surface area (TPSA) is 28.4 Å². The Balaban J connectivity index is 2.18. The van der Waals surface area contributed by atoms with Gasteiger partial charge in [0.25, 0.3) is 0 Å². The number of hydrogen-bond donors (Lipinski definition) is 1. The molecule has 0 saturated heterocycles. The molecule has 0 radical (unpaired) electrons. The van der Waals surface area contributed by atoms with Gasteiger partial charge in [0.15, 0.2) is 0 Å². The van der Waals surface area contributed by atoms with Gasteiger partial charge in [0.05, 0.1) is 12.6 Å². The molecule has 0 aliphatic rings. The fraction of sp³-hybridized carbons (Fsp3) is 0.294.